The molecule has 0 aromatic heterocycles. The number of aryl methyl sites for hydroxylation is 1. The van der Waals surface area contributed by atoms with Crippen molar-refractivity contribution in [2.24, 2.45) is 0 Å². The topological polar surface area (TPSA) is 75.6 Å². The molecule has 0 radical (unpaired) electrons. The SMILES string of the molecule is Cc1ccc(C#CCO)cc1S(=O)(=O)NC1CCOCC1. The van der Waals surface area contributed by atoms with Gasteiger partial charge in [-0.05, 0) is 37.5 Å². The summed E-state index contributed by atoms with van der Waals surface area (Å²) < 4.78 is 33.0. The molecular formula is C15H19NO4S. The van der Waals surface area contributed by atoms with Gasteiger partial charge in [0.25, 0.3) is 0 Å². The average Bonchev–Trinajstić information content (AvgIpc) is 2.47. The summed E-state index contributed by atoms with van der Waals surface area (Å²) in [4.78, 5) is 0.235. The summed E-state index contributed by atoms with van der Waals surface area (Å²) in [5.74, 6) is 5.24. The number of hydrogen-bond donors (Lipinski definition) is 2. The highest BCUT2D eigenvalue weighted by molar-refractivity contribution is 7.89. The van der Waals surface area contributed by atoms with Gasteiger partial charge in [0, 0.05) is 24.8 Å². The standard InChI is InChI=1S/C15H19NO4S/c1-12-4-5-13(3-2-8-17)11-15(12)21(18,19)16-14-6-9-20-10-7-14/h4-5,11,14,16-17H,6-10H2,1H3. The number of nitrogens with one attached hydrogen (secondary N) is 1. The van der Waals surface area contributed by atoms with E-state index in [0.29, 0.717) is 37.2 Å². The highest BCUT2D eigenvalue weighted by atomic mass is 32.2. The molecule has 1 aliphatic heterocycles. The summed E-state index contributed by atoms with van der Waals surface area (Å²) in [7, 11) is -3.57. The van der Waals surface area contributed by atoms with Gasteiger partial charge in [-0.1, -0.05) is 17.9 Å². The number of rotatable bonds is 3. The Morgan fingerprint density at radius 2 is 2.10 bits per heavy atom. The quantitative estimate of drug-likeness (QED) is 0.810. The fourth-order valence-corrected chi connectivity index (χ4v) is 3.78. The molecule has 21 heavy (non-hydrogen) atoms. The van der Waals surface area contributed by atoms with E-state index in [1.807, 2.05) is 0 Å². The van der Waals surface area contributed by atoms with E-state index in [9.17, 15) is 8.42 Å². The van der Waals surface area contributed by atoms with E-state index in [4.69, 9.17) is 9.84 Å². The maximum Gasteiger partial charge on any atom is 0.241 e. The first-order chi connectivity index (χ1) is 10.0. The minimum absolute atomic E-state index is 0.0877. The predicted molar refractivity (Wildman–Crippen MR) is 79.3 cm³/mol. The highest BCUT2D eigenvalue weighted by Gasteiger charge is 2.23. The van der Waals surface area contributed by atoms with Crippen LogP contribution in [0.3, 0.4) is 0 Å². The van der Waals surface area contributed by atoms with Gasteiger partial charge in [-0.2, -0.15) is 0 Å². The van der Waals surface area contributed by atoms with Crippen LogP contribution in [0.4, 0.5) is 0 Å². The summed E-state index contributed by atoms with van der Waals surface area (Å²) in [5.41, 5.74) is 1.24. The lowest BCUT2D eigenvalue weighted by Gasteiger charge is -2.23. The molecule has 1 saturated heterocycles. The largest absolute Gasteiger partial charge is 0.384 e. The molecular weight excluding hydrogens is 290 g/mol. The van der Waals surface area contributed by atoms with Gasteiger partial charge in [0.1, 0.15) is 6.61 Å². The van der Waals surface area contributed by atoms with Crippen LogP contribution in [0.5, 0.6) is 0 Å². The molecule has 1 heterocycles. The second kappa shape index (κ2) is 7.05. The summed E-state index contributed by atoms with van der Waals surface area (Å²) in [5, 5.41) is 8.71. The molecule has 0 atom stereocenters. The second-order valence-electron chi connectivity index (χ2n) is 4.95. The van der Waals surface area contributed by atoms with E-state index in [-0.39, 0.29) is 17.5 Å². The molecule has 2 N–H and O–H groups in total. The third kappa shape index (κ3) is 4.29. The van der Waals surface area contributed by atoms with Crippen LogP contribution in [0.1, 0.15) is 24.0 Å². The highest BCUT2D eigenvalue weighted by Crippen LogP contribution is 2.18. The van der Waals surface area contributed by atoms with Crippen molar-refractivity contribution >= 4 is 10.0 Å². The second-order valence-corrected chi connectivity index (χ2v) is 6.63. The van der Waals surface area contributed by atoms with Crippen LogP contribution in [-0.4, -0.2) is 39.4 Å². The summed E-state index contributed by atoms with van der Waals surface area (Å²) in [6, 6.07) is 4.92. The van der Waals surface area contributed by atoms with E-state index in [1.165, 1.54) is 0 Å². The monoisotopic (exact) mass is 309 g/mol. The van der Waals surface area contributed by atoms with Gasteiger partial charge in [-0.25, -0.2) is 13.1 Å². The molecule has 1 aromatic carbocycles. The van der Waals surface area contributed by atoms with Crippen molar-refractivity contribution in [3.05, 3.63) is 29.3 Å². The fourth-order valence-electron chi connectivity index (χ4n) is 2.21. The Morgan fingerprint density at radius 3 is 2.76 bits per heavy atom. The molecule has 1 aliphatic rings. The van der Waals surface area contributed by atoms with E-state index in [1.54, 1.807) is 25.1 Å². The molecule has 0 aliphatic carbocycles. The van der Waals surface area contributed by atoms with Gasteiger partial charge in [0.05, 0.1) is 4.90 Å². The van der Waals surface area contributed by atoms with Crippen molar-refractivity contribution in [3.8, 4) is 11.8 Å². The number of benzene rings is 1. The smallest absolute Gasteiger partial charge is 0.241 e. The molecule has 0 spiro atoms. The molecule has 0 amide bonds. The zero-order valence-electron chi connectivity index (χ0n) is 11.9. The Labute approximate surface area is 125 Å². The molecule has 5 nitrogen and oxygen atoms in total. The zero-order valence-corrected chi connectivity index (χ0v) is 12.7. The average molecular weight is 309 g/mol. The normalized spacial score (nSPS) is 16.3. The van der Waals surface area contributed by atoms with Crippen molar-refractivity contribution in [2.45, 2.75) is 30.7 Å². The first-order valence-corrected chi connectivity index (χ1v) is 8.32. The number of aliphatic hydroxyl groups is 1. The lowest BCUT2D eigenvalue weighted by molar-refractivity contribution is 0.0832. The van der Waals surface area contributed by atoms with Crippen LogP contribution in [0, 0.1) is 18.8 Å². The van der Waals surface area contributed by atoms with Crippen molar-refractivity contribution < 1.29 is 18.3 Å². The van der Waals surface area contributed by atoms with Crippen molar-refractivity contribution in [3.63, 3.8) is 0 Å². The van der Waals surface area contributed by atoms with Gasteiger partial charge in [-0.3, -0.25) is 0 Å². The predicted octanol–water partition coefficient (Wildman–Crippen LogP) is 0.796. The molecule has 0 bridgehead atoms. The number of sulfonamides is 1. The van der Waals surface area contributed by atoms with Gasteiger partial charge in [0.2, 0.25) is 10.0 Å². The van der Waals surface area contributed by atoms with Crippen molar-refractivity contribution in [1.29, 1.82) is 0 Å². The lowest BCUT2D eigenvalue weighted by Crippen LogP contribution is -2.39. The van der Waals surface area contributed by atoms with E-state index in [0.717, 1.165) is 0 Å². The molecule has 1 fully saturated rings. The molecule has 0 saturated carbocycles. The Kier molecular flexibility index (Phi) is 5.37. The van der Waals surface area contributed by atoms with Gasteiger partial charge >= 0.3 is 0 Å². The minimum Gasteiger partial charge on any atom is -0.384 e. The van der Waals surface area contributed by atoms with Crippen LogP contribution in [0.15, 0.2) is 23.1 Å². The Morgan fingerprint density at radius 1 is 1.38 bits per heavy atom. The number of aliphatic hydroxyl groups excluding tert-OH is 1. The number of ether oxygens (including phenoxy) is 1. The Bertz CT molecular complexity index is 652. The molecule has 6 heteroatoms. The minimum atomic E-state index is -3.57. The fraction of sp³-hybridized carbons (Fsp3) is 0.467. The first kappa shape index (κ1) is 16.0. The van der Waals surface area contributed by atoms with E-state index < -0.39 is 10.0 Å². The van der Waals surface area contributed by atoms with Crippen LogP contribution in [0.2, 0.25) is 0 Å². The maximum absolute atomic E-state index is 12.5. The summed E-state index contributed by atoms with van der Waals surface area (Å²) >= 11 is 0. The van der Waals surface area contributed by atoms with Crippen LogP contribution in [-0.2, 0) is 14.8 Å². The van der Waals surface area contributed by atoms with E-state index >= 15 is 0 Å². The Hall–Kier alpha value is -1.39. The lowest BCUT2D eigenvalue weighted by atomic mass is 10.1. The van der Waals surface area contributed by atoms with Crippen LogP contribution in [0.25, 0.3) is 0 Å². The van der Waals surface area contributed by atoms with Gasteiger partial charge in [0.15, 0.2) is 0 Å². The molecule has 0 unspecified atom stereocenters. The third-order valence-corrected chi connectivity index (χ3v) is 5.00. The summed E-state index contributed by atoms with van der Waals surface area (Å²) in [6.45, 7) is 2.65. The van der Waals surface area contributed by atoms with Crippen LogP contribution >= 0.6 is 0 Å². The van der Waals surface area contributed by atoms with Crippen molar-refractivity contribution in [1.82, 2.24) is 4.72 Å². The first-order valence-electron chi connectivity index (χ1n) is 6.83. The third-order valence-electron chi connectivity index (χ3n) is 3.33. The van der Waals surface area contributed by atoms with E-state index in [2.05, 4.69) is 16.6 Å². The maximum atomic E-state index is 12.5. The molecule has 114 valence electrons. The van der Waals surface area contributed by atoms with Gasteiger partial charge < -0.3 is 9.84 Å². The Balaban J connectivity index is 2.25. The summed E-state index contributed by atoms with van der Waals surface area (Å²) in [6.07, 6.45) is 1.37. The molecule has 1 aromatic rings. The van der Waals surface area contributed by atoms with Gasteiger partial charge in [-0.15, -0.1) is 0 Å². The van der Waals surface area contributed by atoms with Crippen molar-refractivity contribution in [2.75, 3.05) is 19.8 Å². The van der Waals surface area contributed by atoms with Crippen LogP contribution < -0.4 is 4.72 Å². The molecule has 2 rings (SSSR count). The number of hydrogen-bond acceptors (Lipinski definition) is 4. The zero-order chi connectivity index (χ0) is 15.3.